The summed E-state index contributed by atoms with van der Waals surface area (Å²) in [6.45, 7) is 6.62. The molecule has 0 aromatic rings. The maximum absolute atomic E-state index is 12.8. The van der Waals surface area contributed by atoms with E-state index in [0.29, 0.717) is 19.3 Å². The molecular formula is C56H102O6. The van der Waals surface area contributed by atoms with Gasteiger partial charge in [0, 0.05) is 19.3 Å². The molecule has 0 saturated heterocycles. The zero-order chi connectivity index (χ0) is 45.1. The lowest BCUT2D eigenvalue weighted by Crippen LogP contribution is -2.30. The second kappa shape index (κ2) is 51.3. The fraction of sp³-hybridized carbons (Fsp3) is 0.839. The van der Waals surface area contributed by atoms with Crippen molar-refractivity contribution in [3.05, 3.63) is 36.5 Å². The quantitative estimate of drug-likeness (QED) is 0.0262. The Morgan fingerprint density at radius 3 is 0.887 bits per heavy atom. The Kier molecular flexibility index (Phi) is 49.3. The summed E-state index contributed by atoms with van der Waals surface area (Å²) in [5.41, 5.74) is 0. The fourth-order valence-electron chi connectivity index (χ4n) is 7.86. The van der Waals surface area contributed by atoms with Gasteiger partial charge >= 0.3 is 17.9 Å². The number of rotatable bonds is 49. The molecule has 62 heavy (non-hydrogen) atoms. The standard InChI is InChI=1S/C56H102O6/c1-4-7-10-13-16-19-22-24-26-28-29-31-32-34-37-40-43-46-49-55(58)61-52-53(51-60-54(57)48-45-42-39-36-21-18-15-12-9-6-3)62-56(59)50-47-44-41-38-35-33-30-27-25-23-20-17-14-11-8-5-2/h22,24,26,28-29,31,53H,4-21,23,25,27,30,32-52H2,1-3H3/b24-22-,28-26-,31-29-. The topological polar surface area (TPSA) is 78.9 Å². The number of hydrogen-bond acceptors (Lipinski definition) is 6. The largest absolute Gasteiger partial charge is 0.462 e. The van der Waals surface area contributed by atoms with Gasteiger partial charge in [0.1, 0.15) is 13.2 Å². The zero-order valence-corrected chi connectivity index (χ0v) is 41.4. The highest BCUT2D eigenvalue weighted by Gasteiger charge is 2.19. The molecule has 0 aliphatic carbocycles. The van der Waals surface area contributed by atoms with Crippen molar-refractivity contribution in [3.63, 3.8) is 0 Å². The molecule has 0 aromatic carbocycles. The monoisotopic (exact) mass is 871 g/mol. The highest BCUT2D eigenvalue weighted by Crippen LogP contribution is 2.16. The highest BCUT2D eigenvalue weighted by molar-refractivity contribution is 5.71. The van der Waals surface area contributed by atoms with Crippen LogP contribution in [0.5, 0.6) is 0 Å². The summed E-state index contributed by atoms with van der Waals surface area (Å²) in [6.07, 6.45) is 59.8. The number of esters is 3. The van der Waals surface area contributed by atoms with Gasteiger partial charge in [-0.05, 0) is 44.9 Å². The van der Waals surface area contributed by atoms with Gasteiger partial charge in [-0.3, -0.25) is 14.4 Å². The van der Waals surface area contributed by atoms with E-state index in [1.54, 1.807) is 0 Å². The van der Waals surface area contributed by atoms with Crippen LogP contribution in [0.15, 0.2) is 36.5 Å². The van der Waals surface area contributed by atoms with Crippen LogP contribution in [0.4, 0.5) is 0 Å². The maximum Gasteiger partial charge on any atom is 0.306 e. The molecule has 0 N–H and O–H groups in total. The fourth-order valence-corrected chi connectivity index (χ4v) is 7.86. The van der Waals surface area contributed by atoms with E-state index in [0.717, 1.165) is 77.0 Å². The van der Waals surface area contributed by atoms with Crippen molar-refractivity contribution in [1.29, 1.82) is 0 Å². The molecule has 362 valence electrons. The molecule has 0 bridgehead atoms. The first-order valence-electron chi connectivity index (χ1n) is 27.0. The van der Waals surface area contributed by atoms with Crippen molar-refractivity contribution in [1.82, 2.24) is 0 Å². The van der Waals surface area contributed by atoms with Crippen molar-refractivity contribution in [2.75, 3.05) is 13.2 Å². The van der Waals surface area contributed by atoms with E-state index in [-0.39, 0.29) is 31.1 Å². The van der Waals surface area contributed by atoms with Crippen LogP contribution in [-0.2, 0) is 28.6 Å². The van der Waals surface area contributed by atoms with Crippen LogP contribution in [-0.4, -0.2) is 37.2 Å². The van der Waals surface area contributed by atoms with Gasteiger partial charge in [-0.2, -0.15) is 0 Å². The van der Waals surface area contributed by atoms with Gasteiger partial charge in [-0.15, -0.1) is 0 Å². The first-order valence-corrected chi connectivity index (χ1v) is 27.0. The third kappa shape index (κ3) is 48.7. The van der Waals surface area contributed by atoms with Crippen LogP contribution >= 0.6 is 0 Å². The van der Waals surface area contributed by atoms with Crippen molar-refractivity contribution >= 4 is 17.9 Å². The summed E-state index contributed by atoms with van der Waals surface area (Å²) in [7, 11) is 0. The lowest BCUT2D eigenvalue weighted by Gasteiger charge is -2.18. The molecule has 0 heterocycles. The van der Waals surface area contributed by atoms with E-state index < -0.39 is 6.10 Å². The maximum atomic E-state index is 12.8. The molecule has 0 spiro atoms. The lowest BCUT2D eigenvalue weighted by molar-refractivity contribution is -0.167. The molecule has 0 fully saturated rings. The van der Waals surface area contributed by atoms with Gasteiger partial charge in [0.05, 0.1) is 0 Å². The molecule has 0 amide bonds. The van der Waals surface area contributed by atoms with E-state index in [9.17, 15) is 14.4 Å². The molecule has 0 aliphatic rings. The first-order chi connectivity index (χ1) is 30.5. The first kappa shape index (κ1) is 59.6. The molecule has 0 aromatic heterocycles. The van der Waals surface area contributed by atoms with E-state index in [1.807, 2.05) is 0 Å². The van der Waals surface area contributed by atoms with Crippen LogP contribution in [0.2, 0.25) is 0 Å². The average molecular weight is 871 g/mol. The van der Waals surface area contributed by atoms with E-state index in [1.165, 1.54) is 167 Å². The van der Waals surface area contributed by atoms with Crippen molar-refractivity contribution in [3.8, 4) is 0 Å². The molecule has 6 nitrogen and oxygen atoms in total. The van der Waals surface area contributed by atoms with Gasteiger partial charge in [0.25, 0.3) is 0 Å². The minimum atomic E-state index is -0.775. The van der Waals surface area contributed by atoms with E-state index in [2.05, 4.69) is 57.2 Å². The lowest BCUT2D eigenvalue weighted by atomic mass is 10.0. The molecule has 1 atom stereocenters. The van der Waals surface area contributed by atoms with E-state index in [4.69, 9.17) is 14.2 Å². The van der Waals surface area contributed by atoms with Crippen molar-refractivity contribution in [2.45, 2.75) is 290 Å². The number of ether oxygens (including phenoxy) is 3. The summed E-state index contributed by atoms with van der Waals surface area (Å²) in [6, 6.07) is 0. The third-order valence-electron chi connectivity index (χ3n) is 12.0. The zero-order valence-electron chi connectivity index (χ0n) is 41.4. The third-order valence-corrected chi connectivity index (χ3v) is 12.0. The van der Waals surface area contributed by atoms with Crippen LogP contribution in [0.25, 0.3) is 0 Å². The van der Waals surface area contributed by atoms with Gasteiger partial charge in [-0.25, -0.2) is 0 Å². The van der Waals surface area contributed by atoms with Crippen LogP contribution in [0.3, 0.4) is 0 Å². The number of hydrogen-bond donors (Lipinski definition) is 0. The predicted octanol–water partition coefficient (Wildman–Crippen LogP) is 17.7. The number of allylic oxidation sites excluding steroid dienone is 6. The molecule has 0 rings (SSSR count). The van der Waals surface area contributed by atoms with Gasteiger partial charge < -0.3 is 14.2 Å². The summed E-state index contributed by atoms with van der Waals surface area (Å²) in [4.78, 5) is 38.0. The molecule has 0 aliphatic heterocycles. The van der Waals surface area contributed by atoms with Crippen LogP contribution in [0, 0.1) is 0 Å². The predicted molar refractivity (Wildman–Crippen MR) is 266 cm³/mol. The Hall–Kier alpha value is -2.37. The Balaban J connectivity index is 4.34. The van der Waals surface area contributed by atoms with E-state index >= 15 is 0 Å². The normalized spacial score (nSPS) is 12.2. The van der Waals surface area contributed by atoms with Gasteiger partial charge in [0.15, 0.2) is 6.10 Å². The SMILES string of the molecule is CCCCCCC\C=C/C=C\C=C/CCCCCCCC(=O)OCC(COC(=O)CCCCCCCCCCCC)OC(=O)CCCCCCCCCCCCCCCCCC. The molecule has 1 unspecified atom stereocenters. The molecular weight excluding hydrogens is 769 g/mol. The second-order valence-electron chi connectivity index (χ2n) is 18.2. The smallest absolute Gasteiger partial charge is 0.306 e. The summed E-state index contributed by atoms with van der Waals surface area (Å²) in [5.74, 6) is -0.883. The summed E-state index contributed by atoms with van der Waals surface area (Å²) in [5, 5.41) is 0. The average Bonchev–Trinajstić information content (AvgIpc) is 3.27. The summed E-state index contributed by atoms with van der Waals surface area (Å²) >= 11 is 0. The Morgan fingerprint density at radius 2 is 0.581 bits per heavy atom. The Bertz CT molecular complexity index is 1050. The van der Waals surface area contributed by atoms with Crippen LogP contribution in [0.1, 0.15) is 284 Å². The second-order valence-corrected chi connectivity index (χ2v) is 18.2. The highest BCUT2D eigenvalue weighted by atomic mass is 16.6. The van der Waals surface area contributed by atoms with Crippen molar-refractivity contribution in [2.24, 2.45) is 0 Å². The number of unbranched alkanes of at least 4 members (excludes halogenated alkanes) is 34. The van der Waals surface area contributed by atoms with Gasteiger partial charge in [0.2, 0.25) is 0 Å². The minimum Gasteiger partial charge on any atom is -0.462 e. The number of carbonyl (C=O) groups excluding carboxylic acids is 3. The molecule has 6 heteroatoms. The van der Waals surface area contributed by atoms with Crippen molar-refractivity contribution < 1.29 is 28.6 Å². The molecule has 0 radical (unpaired) electrons. The molecule has 0 saturated carbocycles. The minimum absolute atomic E-state index is 0.0747. The number of carbonyl (C=O) groups is 3. The van der Waals surface area contributed by atoms with Gasteiger partial charge in [-0.1, -0.05) is 256 Å². The Morgan fingerprint density at radius 1 is 0.323 bits per heavy atom. The Labute approximate surface area is 385 Å². The summed E-state index contributed by atoms with van der Waals surface area (Å²) < 4.78 is 16.8. The van der Waals surface area contributed by atoms with Crippen LogP contribution < -0.4 is 0 Å².